The van der Waals surface area contributed by atoms with Gasteiger partial charge in [0, 0.05) is 31.3 Å². The van der Waals surface area contributed by atoms with Gasteiger partial charge in [-0.3, -0.25) is 19.6 Å². The summed E-state index contributed by atoms with van der Waals surface area (Å²) in [5.41, 5.74) is -0.0536. The van der Waals surface area contributed by atoms with Gasteiger partial charge in [0.05, 0.1) is 69.0 Å². The van der Waals surface area contributed by atoms with E-state index in [1.54, 1.807) is 18.2 Å². The number of carbonyl (C=O) groups excluding carboxylic acids is 1. The molecule has 3 aromatic carbocycles. The Morgan fingerprint density at radius 3 is 2.44 bits per heavy atom. The van der Waals surface area contributed by atoms with Crippen LogP contribution in [0.3, 0.4) is 0 Å². The van der Waals surface area contributed by atoms with E-state index in [0.29, 0.717) is 25.6 Å². The number of ether oxygens (including phenoxy) is 1. The maximum absolute atomic E-state index is 14.6. The molecule has 1 aliphatic heterocycles. The first-order valence-corrected chi connectivity index (χ1v) is 17.3. The average molecular weight is 736 g/mol. The molecular weight excluding hydrogens is 702 g/mol. The van der Waals surface area contributed by atoms with Gasteiger partial charge in [-0.1, -0.05) is 11.6 Å². The van der Waals surface area contributed by atoms with Crippen LogP contribution >= 0.6 is 11.6 Å². The number of halogens is 5. The molecule has 4 aromatic rings. The number of hydrogen-bond acceptors (Lipinski definition) is 8. The zero-order valence-electron chi connectivity index (χ0n) is 27.1. The molecule has 17 heteroatoms. The Bertz CT molecular complexity index is 1940. The van der Waals surface area contributed by atoms with Crippen LogP contribution in [0, 0.1) is 17.0 Å². The molecule has 4 atom stereocenters. The van der Waals surface area contributed by atoms with Crippen molar-refractivity contribution in [3.8, 4) is 5.69 Å². The molecule has 0 bridgehead atoms. The number of anilines is 2. The summed E-state index contributed by atoms with van der Waals surface area (Å²) in [6, 6.07) is 9.32. The molecule has 1 aliphatic rings. The van der Waals surface area contributed by atoms with Crippen molar-refractivity contribution < 1.29 is 31.6 Å². The normalized spacial score (nSPS) is 17.4. The van der Waals surface area contributed by atoms with E-state index in [0.717, 1.165) is 22.4 Å². The predicted octanol–water partition coefficient (Wildman–Crippen LogP) is 4.85. The molecule has 1 fully saturated rings. The highest BCUT2D eigenvalue weighted by Gasteiger charge is 2.28. The maximum atomic E-state index is 14.6. The van der Waals surface area contributed by atoms with Crippen molar-refractivity contribution in [2.24, 2.45) is 0 Å². The molecule has 4 unspecified atom stereocenters. The number of rotatable bonds is 12. The van der Waals surface area contributed by atoms with E-state index < -0.39 is 53.4 Å². The Morgan fingerprint density at radius 2 is 1.82 bits per heavy atom. The van der Waals surface area contributed by atoms with Crippen molar-refractivity contribution in [1.29, 1.82) is 5.41 Å². The van der Waals surface area contributed by atoms with Crippen molar-refractivity contribution in [3.63, 3.8) is 0 Å². The molecule has 0 aliphatic carbocycles. The summed E-state index contributed by atoms with van der Waals surface area (Å²) < 4.78 is 77.1. The van der Waals surface area contributed by atoms with E-state index >= 15 is 0 Å². The second kappa shape index (κ2) is 15.7. The summed E-state index contributed by atoms with van der Waals surface area (Å²) in [5, 5.41) is 13.7. The minimum Gasteiger partial charge on any atom is -0.593 e. The molecule has 0 radical (unpaired) electrons. The Balaban J connectivity index is 1.80. The molecule has 266 valence electrons. The smallest absolute Gasteiger partial charge is 0.266 e. The average Bonchev–Trinajstić information content (AvgIpc) is 3.02. The fourth-order valence-corrected chi connectivity index (χ4v) is 6.71. The lowest BCUT2D eigenvalue weighted by Crippen LogP contribution is -2.45. The van der Waals surface area contributed by atoms with Gasteiger partial charge in [0.15, 0.2) is 5.84 Å². The number of carbonyl (C=O) groups is 1. The van der Waals surface area contributed by atoms with Gasteiger partial charge in [-0.25, -0.2) is 22.5 Å². The Labute approximate surface area is 292 Å². The summed E-state index contributed by atoms with van der Waals surface area (Å²) in [6.45, 7) is 4.09. The Kier molecular flexibility index (Phi) is 11.6. The number of fused-ring (bicyclic) bond motifs is 1. The molecule has 0 spiro atoms. The van der Waals surface area contributed by atoms with E-state index in [2.05, 4.69) is 20.3 Å². The second-order valence-corrected chi connectivity index (χ2v) is 13.3. The van der Waals surface area contributed by atoms with E-state index in [-0.39, 0.29) is 62.9 Å². The van der Waals surface area contributed by atoms with E-state index in [1.165, 1.54) is 18.4 Å². The quantitative estimate of drug-likeness (QED) is 0.0532. The molecule has 5 rings (SSSR count). The van der Waals surface area contributed by atoms with Gasteiger partial charge >= 0.3 is 0 Å². The monoisotopic (exact) mass is 735 g/mol. The van der Waals surface area contributed by atoms with E-state index in [4.69, 9.17) is 26.7 Å². The first-order chi connectivity index (χ1) is 23.7. The number of morpholine rings is 1. The van der Waals surface area contributed by atoms with Crippen molar-refractivity contribution in [2.75, 3.05) is 36.1 Å². The minimum absolute atomic E-state index is 0.0737. The Morgan fingerprint density at radius 1 is 1.14 bits per heavy atom. The van der Waals surface area contributed by atoms with Gasteiger partial charge in [0.1, 0.15) is 23.7 Å². The molecule has 2 heterocycles. The van der Waals surface area contributed by atoms with Gasteiger partial charge in [0.25, 0.3) is 12.0 Å². The molecule has 50 heavy (non-hydrogen) atoms. The summed E-state index contributed by atoms with van der Waals surface area (Å²) in [7, 11) is 0. The number of nitrogens with zero attached hydrogens (tertiary/aromatic N) is 3. The van der Waals surface area contributed by atoms with Crippen LogP contribution < -0.4 is 25.8 Å². The molecule has 11 nitrogen and oxygen atoms in total. The zero-order chi connectivity index (χ0) is 36.3. The summed E-state index contributed by atoms with van der Waals surface area (Å²) in [4.78, 5) is 33.5. The van der Waals surface area contributed by atoms with Crippen LogP contribution in [0.5, 0.6) is 0 Å². The number of amides is 1. The van der Waals surface area contributed by atoms with Gasteiger partial charge in [-0.05, 0) is 61.9 Å². The molecule has 1 saturated heterocycles. The van der Waals surface area contributed by atoms with Crippen LogP contribution in [-0.4, -0.2) is 70.9 Å². The number of aromatic nitrogens is 2. The Hall–Kier alpha value is -4.38. The number of nitrogens with one attached hydrogen (secondary N) is 4. The first kappa shape index (κ1) is 36.9. The lowest BCUT2D eigenvalue weighted by Gasteiger charge is -2.37. The SMILES string of the molecule is CC1CN(c2ccc3c(=O)n(-c4ccc(Cl)c(C(=N)N[S+](C)[O-])c4NCC(F)F)c(C(Cc4cc(F)cc(F)c4)NC=O)nc3c2)CC(C)O1. The number of benzene rings is 3. The third kappa shape index (κ3) is 8.31. The van der Waals surface area contributed by atoms with Gasteiger partial charge < -0.3 is 24.8 Å². The fraction of sp³-hybridized carbons (Fsp3) is 0.333. The molecule has 0 saturated carbocycles. The predicted molar refractivity (Wildman–Crippen MR) is 185 cm³/mol. The molecule has 1 aromatic heterocycles. The standard InChI is InChI=1S/C33H34ClF4N7O4S/c1-17-14-44(15-18(2)49-17)22-4-5-23-25(12-22)42-32(26(41-16-46)10-19-8-20(35)11-21(36)9-19)45(33(23)47)27-7-6-24(34)29(31(39)43-50(3)48)30(27)40-13-28(37)38/h4-9,11-12,16-18,26,28,40H,10,13-15H2,1-3H3,(H2,39,43)(H,41,46). The molecular formula is C33H34ClF4N7O4S. The van der Waals surface area contributed by atoms with Crippen molar-refractivity contribution in [2.45, 2.75) is 44.9 Å². The highest BCUT2D eigenvalue weighted by molar-refractivity contribution is 7.89. The van der Waals surface area contributed by atoms with Gasteiger partial charge in [0.2, 0.25) is 6.41 Å². The highest BCUT2D eigenvalue weighted by Crippen LogP contribution is 2.34. The van der Waals surface area contributed by atoms with E-state index in [1.807, 2.05) is 13.8 Å². The first-order valence-electron chi connectivity index (χ1n) is 15.4. The largest absolute Gasteiger partial charge is 0.593 e. The number of hydrogen-bond donors (Lipinski definition) is 4. The minimum atomic E-state index is -2.88. The maximum Gasteiger partial charge on any atom is 0.266 e. The molecule has 1 amide bonds. The van der Waals surface area contributed by atoms with Crippen LogP contribution in [0.15, 0.2) is 53.3 Å². The fourth-order valence-electron chi connectivity index (χ4n) is 6.06. The summed E-state index contributed by atoms with van der Waals surface area (Å²) in [5.74, 6) is -2.35. The van der Waals surface area contributed by atoms with Crippen LogP contribution in [0.2, 0.25) is 5.02 Å². The topological polar surface area (TPSA) is 147 Å². The lowest BCUT2D eigenvalue weighted by atomic mass is 10.0. The zero-order valence-corrected chi connectivity index (χ0v) is 28.7. The third-order valence-electron chi connectivity index (χ3n) is 7.91. The van der Waals surface area contributed by atoms with Crippen LogP contribution in [0.25, 0.3) is 16.6 Å². The summed E-state index contributed by atoms with van der Waals surface area (Å²) >= 11 is 4.70. The second-order valence-electron chi connectivity index (χ2n) is 11.8. The van der Waals surface area contributed by atoms with Crippen molar-refractivity contribution in [1.82, 2.24) is 19.6 Å². The summed E-state index contributed by atoms with van der Waals surface area (Å²) in [6.07, 6.45) is -1.67. The van der Waals surface area contributed by atoms with Gasteiger partial charge in [-0.15, -0.1) is 0 Å². The molecule has 4 N–H and O–H groups in total. The number of amidine groups is 1. The van der Waals surface area contributed by atoms with Crippen molar-refractivity contribution >= 4 is 57.5 Å². The van der Waals surface area contributed by atoms with Crippen molar-refractivity contribution in [3.05, 3.63) is 92.5 Å². The van der Waals surface area contributed by atoms with Gasteiger partial charge in [-0.2, -0.15) is 4.72 Å². The van der Waals surface area contributed by atoms with Crippen LogP contribution in [-0.2, 0) is 27.3 Å². The number of alkyl halides is 2. The van der Waals surface area contributed by atoms with Crippen LogP contribution in [0.1, 0.15) is 36.8 Å². The lowest BCUT2D eigenvalue weighted by molar-refractivity contribution is -0.110. The third-order valence-corrected chi connectivity index (χ3v) is 8.72. The van der Waals surface area contributed by atoms with Crippen LogP contribution in [0.4, 0.5) is 28.9 Å². The highest BCUT2D eigenvalue weighted by atomic mass is 35.5. The van der Waals surface area contributed by atoms with E-state index in [9.17, 15) is 31.7 Å².